The number of aromatic nitrogens is 1. The van der Waals surface area contributed by atoms with Crippen molar-refractivity contribution in [1.82, 2.24) is 9.88 Å². The van der Waals surface area contributed by atoms with Crippen LogP contribution in [0.25, 0.3) is 6.08 Å². The number of anilines is 1. The Kier molecular flexibility index (Phi) is 4.08. The third-order valence-corrected chi connectivity index (χ3v) is 4.04. The first-order valence-electron chi connectivity index (χ1n) is 7.00. The number of likely N-dealkylation sites (N-methyl/N-ethyl adjacent to an activating group) is 1. The highest BCUT2D eigenvalue weighted by Crippen LogP contribution is 2.27. The first kappa shape index (κ1) is 15.2. The van der Waals surface area contributed by atoms with Gasteiger partial charge in [0, 0.05) is 13.2 Å². The van der Waals surface area contributed by atoms with E-state index in [9.17, 15) is 4.79 Å². The van der Waals surface area contributed by atoms with Crippen LogP contribution in [0.3, 0.4) is 0 Å². The molecule has 0 bridgehead atoms. The number of benzene rings is 1. The molecule has 1 aromatic carbocycles. The Hall–Kier alpha value is -2.73. The van der Waals surface area contributed by atoms with E-state index in [-0.39, 0.29) is 5.91 Å². The van der Waals surface area contributed by atoms with Crippen LogP contribution in [0.2, 0.25) is 0 Å². The summed E-state index contributed by atoms with van der Waals surface area (Å²) in [5.41, 5.74) is 2.08. The molecule has 0 atom stereocenters. The van der Waals surface area contributed by atoms with Crippen molar-refractivity contribution in [1.29, 1.82) is 0 Å². The van der Waals surface area contributed by atoms with Crippen LogP contribution in [-0.4, -0.2) is 35.1 Å². The van der Waals surface area contributed by atoms with Crippen LogP contribution >= 0.6 is 12.2 Å². The van der Waals surface area contributed by atoms with Crippen molar-refractivity contribution in [3.8, 4) is 5.75 Å². The van der Waals surface area contributed by atoms with Crippen molar-refractivity contribution in [2.24, 2.45) is 0 Å². The van der Waals surface area contributed by atoms with Gasteiger partial charge in [-0.15, -0.1) is 0 Å². The highest BCUT2D eigenvalue weighted by molar-refractivity contribution is 7.80. The fourth-order valence-corrected chi connectivity index (χ4v) is 2.61. The smallest absolute Gasteiger partial charge is 0.281 e. The lowest BCUT2D eigenvalue weighted by Gasteiger charge is -2.15. The summed E-state index contributed by atoms with van der Waals surface area (Å²) in [6, 6.07) is 11.1. The molecule has 5 nitrogen and oxygen atoms in total. The molecule has 1 amide bonds. The topological polar surface area (TPSA) is 45.7 Å². The monoisotopic (exact) mass is 325 g/mol. The average Bonchev–Trinajstić information content (AvgIpc) is 2.80. The molecule has 1 fully saturated rings. The number of rotatable bonds is 3. The van der Waals surface area contributed by atoms with Gasteiger partial charge in [-0.1, -0.05) is 12.1 Å². The molecule has 0 saturated carbocycles. The Labute approximate surface area is 139 Å². The lowest BCUT2D eigenvalue weighted by molar-refractivity contribution is -0.114. The van der Waals surface area contributed by atoms with Gasteiger partial charge in [-0.05, 0) is 48.1 Å². The van der Waals surface area contributed by atoms with Crippen LogP contribution in [-0.2, 0) is 4.79 Å². The molecular weight excluding hydrogens is 310 g/mol. The maximum absolute atomic E-state index is 12.7. The summed E-state index contributed by atoms with van der Waals surface area (Å²) in [5.74, 6) is 0.604. The quantitative estimate of drug-likeness (QED) is 0.641. The van der Waals surface area contributed by atoms with E-state index in [0.29, 0.717) is 16.5 Å². The third kappa shape index (κ3) is 2.80. The normalized spacial score (nSPS) is 16.3. The Morgan fingerprint density at radius 1 is 1.22 bits per heavy atom. The molecule has 2 aromatic rings. The fourth-order valence-electron chi connectivity index (χ4n) is 2.33. The second kappa shape index (κ2) is 6.18. The predicted molar refractivity (Wildman–Crippen MR) is 93.1 cm³/mol. The lowest BCUT2D eigenvalue weighted by Crippen LogP contribution is -2.31. The molecule has 0 spiro atoms. The summed E-state index contributed by atoms with van der Waals surface area (Å²) in [7, 11) is 3.40. The predicted octanol–water partition coefficient (Wildman–Crippen LogP) is 2.69. The fraction of sp³-hybridized carbons (Fsp3) is 0.118. The highest BCUT2D eigenvalue weighted by atomic mass is 32.1. The van der Waals surface area contributed by atoms with Gasteiger partial charge in [0.15, 0.2) is 5.11 Å². The summed E-state index contributed by atoms with van der Waals surface area (Å²) < 4.78 is 5.14. The molecule has 116 valence electrons. The van der Waals surface area contributed by atoms with E-state index in [1.165, 1.54) is 4.90 Å². The zero-order valence-electron chi connectivity index (χ0n) is 12.8. The number of hydrogen-bond acceptors (Lipinski definition) is 4. The molecular formula is C17H15N3O2S. The molecule has 0 aliphatic carbocycles. The number of nitrogens with zero attached hydrogens (tertiary/aromatic N) is 3. The number of amides is 1. The van der Waals surface area contributed by atoms with Crippen molar-refractivity contribution < 1.29 is 9.53 Å². The lowest BCUT2D eigenvalue weighted by atomic mass is 10.2. The SMILES string of the molecule is COc1ccc(C=C2C(=O)N(c3cccnc3)C(=S)N2C)cc1. The van der Waals surface area contributed by atoms with E-state index >= 15 is 0 Å². The van der Waals surface area contributed by atoms with Crippen LogP contribution < -0.4 is 9.64 Å². The summed E-state index contributed by atoms with van der Waals surface area (Å²) in [4.78, 5) is 20.0. The van der Waals surface area contributed by atoms with Crippen LogP contribution in [0.5, 0.6) is 5.75 Å². The zero-order chi connectivity index (χ0) is 16.4. The summed E-state index contributed by atoms with van der Waals surface area (Å²) >= 11 is 5.40. The third-order valence-electron chi connectivity index (χ3n) is 3.59. The van der Waals surface area contributed by atoms with Crippen LogP contribution in [0.4, 0.5) is 5.69 Å². The van der Waals surface area contributed by atoms with Crippen molar-refractivity contribution >= 4 is 35.0 Å². The molecule has 0 N–H and O–H groups in total. The number of ether oxygens (including phenoxy) is 1. The Balaban J connectivity index is 1.95. The van der Waals surface area contributed by atoms with Gasteiger partial charge in [0.2, 0.25) is 0 Å². The summed E-state index contributed by atoms with van der Waals surface area (Å²) in [5, 5.41) is 0.433. The van der Waals surface area contributed by atoms with Gasteiger partial charge in [-0.2, -0.15) is 0 Å². The van der Waals surface area contributed by atoms with Gasteiger partial charge in [0.05, 0.1) is 19.0 Å². The van der Waals surface area contributed by atoms with Crippen LogP contribution in [0.15, 0.2) is 54.5 Å². The number of pyridine rings is 1. The van der Waals surface area contributed by atoms with E-state index in [1.54, 1.807) is 43.6 Å². The number of carbonyl (C=O) groups is 1. The van der Waals surface area contributed by atoms with Gasteiger partial charge in [0.1, 0.15) is 11.4 Å². The van der Waals surface area contributed by atoms with Gasteiger partial charge < -0.3 is 9.64 Å². The molecule has 2 heterocycles. The number of thiocarbonyl (C=S) groups is 1. The van der Waals surface area contributed by atoms with Gasteiger partial charge in [-0.25, -0.2) is 4.90 Å². The van der Waals surface area contributed by atoms with Gasteiger partial charge in [0.25, 0.3) is 5.91 Å². The molecule has 23 heavy (non-hydrogen) atoms. The van der Waals surface area contributed by atoms with E-state index in [0.717, 1.165) is 11.3 Å². The maximum atomic E-state index is 12.7. The Bertz CT molecular complexity index is 772. The minimum absolute atomic E-state index is 0.165. The second-order valence-corrected chi connectivity index (χ2v) is 5.36. The first-order chi connectivity index (χ1) is 11.1. The van der Waals surface area contributed by atoms with E-state index < -0.39 is 0 Å². The van der Waals surface area contributed by atoms with Gasteiger partial charge in [-0.3, -0.25) is 9.78 Å². The van der Waals surface area contributed by atoms with Gasteiger partial charge >= 0.3 is 0 Å². The maximum Gasteiger partial charge on any atom is 0.281 e. The standard InChI is InChI=1S/C17H15N3O2S/c1-19-15(10-12-5-7-14(22-2)8-6-12)16(21)20(17(19)23)13-4-3-9-18-11-13/h3-11H,1-2H3. The van der Waals surface area contributed by atoms with Crippen LogP contribution in [0, 0.1) is 0 Å². The Morgan fingerprint density at radius 2 is 1.96 bits per heavy atom. The summed E-state index contributed by atoms with van der Waals surface area (Å²) in [6.45, 7) is 0. The largest absolute Gasteiger partial charge is 0.497 e. The first-order valence-corrected chi connectivity index (χ1v) is 7.40. The molecule has 0 unspecified atom stereocenters. The number of hydrogen-bond donors (Lipinski definition) is 0. The molecule has 6 heteroatoms. The van der Waals surface area contributed by atoms with E-state index in [1.807, 2.05) is 30.3 Å². The highest BCUT2D eigenvalue weighted by Gasteiger charge is 2.36. The minimum Gasteiger partial charge on any atom is -0.497 e. The molecule has 3 rings (SSSR count). The molecule has 1 aliphatic rings. The van der Waals surface area contributed by atoms with E-state index in [4.69, 9.17) is 17.0 Å². The minimum atomic E-state index is -0.165. The van der Waals surface area contributed by atoms with Crippen molar-refractivity contribution in [2.45, 2.75) is 0 Å². The number of carbonyl (C=O) groups excluding carboxylic acids is 1. The van der Waals surface area contributed by atoms with Crippen molar-refractivity contribution in [2.75, 3.05) is 19.1 Å². The molecule has 1 aliphatic heterocycles. The van der Waals surface area contributed by atoms with Crippen LogP contribution in [0.1, 0.15) is 5.56 Å². The second-order valence-electron chi connectivity index (χ2n) is 5.00. The zero-order valence-corrected chi connectivity index (χ0v) is 13.6. The number of methoxy groups -OCH3 is 1. The molecule has 0 radical (unpaired) electrons. The Morgan fingerprint density at radius 3 is 2.57 bits per heavy atom. The molecule has 1 aromatic heterocycles. The average molecular weight is 325 g/mol. The van der Waals surface area contributed by atoms with Crippen molar-refractivity contribution in [3.63, 3.8) is 0 Å². The molecule has 1 saturated heterocycles. The van der Waals surface area contributed by atoms with Crippen molar-refractivity contribution in [3.05, 3.63) is 60.1 Å². The van der Waals surface area contributed by atoms with E-state index in [2.05, 4.69) is 4.98 Å². The summed E-state index contributed by atoms with van der Waals surface area (Å²) in [6.07, 6.45) is 5.09.